The highest BCUT2D eigenvalue weighted by Gasteiger charge is 2.52. The summed E-state index contributed by atoms with van der Waals surface area (Å²) in [6, 6.07) is 9.96. The summed E-state index contributed by atoms with van der Waals surface area (Å²) in [5.41, 5.74) is 0.168. The molecule has 2 aliphatic rings. The van der Waals surface area contributed by atoms with Gasteiger partial charge in [0.15, 0.2) is 0 Å². The Bertz CT molecular complexity index is 563. The molecule has 3 atom stereocenters. The van der Waals surface area contributed by atoms with Crippen LogP contribution in [0.5, 0.6) is 0 Å². The van der Waals surface area contributed by atoms with Gasteiger partial charge in [-0.2, -0.15) is 0 Å². The minimum Gasteiger partial charge on any atom is -0.386 e. The Balaban J connectivity index is 1.79. The largest absolute Gasteiger partial charge is 0.386 e. The highest BCUT2D eigenvalue weighted by Crippen LogP contribution is 2.40. The van der Waals surface area contributed by atoms with Crippen LogP contribution in [0.25, 0.3) is 0 Å². The van der Waals surface area contributed by atoms with Crippen molar-refractivity contribution in [3.8, 4) is 0 Å². The molecule has 0 radical (unpaired) electrons. The summed E-state index contributed by atoms with van der Waals surface area (Å²) in [5, 5.41) is 18.0. The Morgan fingerprint density at radius 1 is 1.25 bits per heavy atom. The fourth-order valence-corrected chi connectivity index (χ4v) is 4.17. The van der Waals surface area contributed by atoms with Crippen LogP contribution in [0.3, 0.4) is 0 Å². The first kappa shape index (κ1) is 17.1. The van der Waals surface area contributed by atoms with Gasteiger partial charge in [0.2, 0.25) is 0 Å². The number of anilines is 1. The van der Waals surface area contributed by atoms with Crippen LogP contribution in [0.15, 0.2) is 30.3 Å². The van der Waals surface area contributed by atoms with Gasteiger partial charge in [-0.25, -0.2) is 4.79 Å². The molecule has 5 nitrogen and oxygen atoms in total. The van der Waals surface area contributed by atoms with E-state index in [0.29, 0.717) is 6.54 Å². The van der Waals surface area contributed by atoms with E-state index in [4.69, 9.17) is 0 Å². The molecule has 3 N–H and O–H groups in total. The normalized spacial score (nSPS) is 29.9. The van der Waals surface area contributed by atoms with Crippen LogP contribution >= 0.6 is 0 Å². The lowest BCUT2D eigenvalue weighted by Crippen LogP contribution is -2.69. The van der Waals surface area contributed by atoms with Gasteiger partial charge in [0.05, 0.1) is 12.1 Å². The Morgan fingerprint density at radius 3 is 2.71 bits per heavy atom. The van der Waals surface area contributed by atoms with Crippen LogP contribution in [0.1, 0.15) is 46.0 Å². The fourth-order valence-electron chi connectivity index (χ4n) is 4.17. The molecule has 132 valence electrons. The van der Waals surface area contributed by atoms with Crippen molar-refractivity contribution in [3.63, 3.8) is 0 Å². The number of rotatable bonds is 3. The number of likely N-dealkylation sites (tertiary alicyclic amines) is 1. The van der Waals surface area contributed by atoms with Gasteiger partial charge in [-0.05, 0) is 45.2 Å². The molecule has 2 amide bonds. The number of para-hydroxylation sites is 1. The topological polar surface area (TPSA) is 64.6 Å². The third-order valence-corrected chi connectivity index (χ3v) is 5.31. The van der Waals surface area contributed by atoms with Crippen molar-refractivity contribution in [2.45, 2.75) is 69.7 Å². The summed E-state index contributed by atoms with van der Waals surface area (Å²) in [6.07, 6.45) is 4.45. The molecular formula is C19H29N3O2. The van der Waals surface area contributed by atoms with Crippen molar-refractivity contribution in [2.75, 3.05) is 11.9 Å². The maximum Gasteiger partial charge on any atom is 0.317 e. The molecule has 1 saturated heterocycles. The summed E-state index contributed by atoms with van der Waals surface area (Å²) < 4.78 is 0. The van der Waals surface area contributed by atoms with Crippen LogP contribution in [-0.4, -0.2) is 46.3 Å². The van der Waals surface area contributed by atoms with Gasteiger partial charge in [0.25, 0.3) is 0 Å². The Morgan fingerprint density at radius 2 is 2.00 bits per heavy atom. The average Bonchev–Trinajstić information content (AvgIpc) is 2.55. The van der Waals surface area contributed by atoms with E-state index in [1.807, 2.05) is 49.1 Å². The molecule has 3 rings (SSSR count). The zero-order chi connectivity index (χ0) is 17.2. The van der Waals surface area contributed by atoms with E-state index >= 15 is 0 Å². The predicted molar refractivity (Wildman–Crippen MR) is 96.0 cm³/mol. The second-order valence-electron chi connectivity index (χ2n) is 7.40. The summed E-state index contributed by atoms with van der Waals surface area (Å²) in [7, 11) is 0. The number of carbonyl (C=O) groups excluding carboxylic acids is 1. The van der Waals surface area contributed by atoms with Gasteiger partial charge in [-0.3, -0.25) is 0 Å². The molecule has 5 heteroatoms. The van der Waals surface area contributed by atoms with E-state index < -0.39 is 5.60 Å². The number of piperidine rings is 1. The number of nitrogens with zero attached hydrogens (tertiary/aromatic N) is 1. The maximum absolute atomic E-state index is 12.6. The van der Waals surface area contributed by atoms with Gasteiger partial charge in [0.1, 0.15) is 5.60 Å². The Labute approximate surface area is 144 Å². The molecular weight excluding hydrogens is 302 g/mol. The fraction of sp³-hybridized carbons (Fsp3) is 0.632. The third-order valence-electron chi connectivity index (χ3n) is 5.31. The molecule has 0 aromatic heterocycles. The van der Waals surface area contributed by atoms with E-state index in [0.717, 1.165) is 37.8 Å². The highest BCUT2D eigenvalue weighted by atomic mass is 16.3. The quantitative estimate of drug-likeness (QED) is 0.798. The van der Waals surface area contributed by atoms with Crippen molar-refractivity contribution in [1.29, 1.82) is 0 Å². The molecule has 2 fully saturated rings. The van der Waals surface area contributed by atoms with Crippen molar-refractivity contribution in [3.05, 3.63) is 30.3 Å². The number of benzene rings is 1. The lowest BCUT2D eigenvalue weighted by molar-refractivity contribution is -0.0970. The van der Waals surface area contributed by atoms with E-state index in [1.54, 1.807) is 0 Å². The molecule has 24 heavy (non-hydrogen) atoms. The molecule has 1 aliphatic carbocycles. The van der Waals surface area contributed by atoms with E-state index in [9.17, 15) is 9.90 Å². The minimum absolute atomic E-state index is 0.0201. The van der Waals surface area contributed by atoms with Crippen molar-refractivity contribution < 1.29 is 9.90 Å². The number of hydrogen-bond acceptors (Lipinski definition) is 3. The van der Waals surface area contributed by atoms with Gasteiger partial charge in [-0.15, -0.1) is 0 Å². The maximum atomic E-state index is 12.6. The number of amides is 2. The minimum atomic E-state index is -0.860. The standard InChI is InChI=1S/C19H29N3O2/c1-14(2)20-18(23)22-13-11-16(21-15-8-4-3-5-9-15)19(24)12-7-6-10-17(19)22/h3-5,8-9,14,16-17,21,24H,6-7,10-13H2,1-2H3,(H,20,23)/t16?,17-,19-/m0/s1. The van der Waals surface area contributed by atoms with Crippen molar-refractivity contribution in [2.24, 2.45) is 0 Å². The summed E-state index contributed by atoms with van der Waals surface area (Å²) in [4.78, 5) is 14.4. The first-order chi connectivity index (χ1) is 11.5. The molecule has 0 spiro atoms. The Hall–Kier alpha value is -1.75. The molecule has 1 saturated carbocycles. The molecule has 1 unspecified atom stereocenters. The second kappa shape index (κ2) is 7.01. The third kappa shape index (κ3) is 3.36. The zero-order valence-corrected chi connectivity index (χ0v) is 14.7. The van der Waals surface area contributed by atoms with Gasteiger partial charge >= 0.3 is 6.03 Å². The Kier molecular flexibility index (Phi) is 4.99. The van der Waals surface area contributed by atoms with Gasteiger partial charge < -0.3 is 20.6 Å². The summed E-state index contributed by atoms with van der Waals surface area (Å²) >= 11 is 0. The number of nitrogens with one attached hydrogen (secondary N) is 2. The van der Waals surface area contributed by atoms with Gasteiger partial charge in [-0.1, -0.05) is 31.0 Å². The van der Waals surface area contributed by atoms with Crippen LogP contribution in [0.4, 0.5) is 10.5 Å². The lowest BCUT2D eigenvalue weighted by atomic mass is 9.71. The van der Waals surface area contributed by atoms with Crippen LogP contribution in [0, 0.1) is 0 Å². The van der Waals surface area contributed by atoms with E-state index in [1.165, 1.54) is 0 Å². The number of hydrogen-bond donors (Lipinski definition) is 3. The highest BCUT2D eigenvalue weighted by molar-refractivity contribution is 5.75. The first-order valence-corrected chi connectivity index (χ1v) is 9.12. The average molecular weight is 331 g/mol. The second-order valence-corrected chi connectivity index (χ2v) is 7.40. The number of urea groups is 1. The molecule has 1 aliphatic heterocycles. The number of fused-ring (bicyclic) bond motifs is 1. The van der Waals surface area contributed by atoms with Gasteiger partial charge in [0, 0.05) is 18.3 Å². The summed E-state index contributed by atoms with van der Waals surface area (Å²) in [6.45, 7) is 4.61. The van der Waals surface area contributed by atoms with E-state index in [2.05, 4.69) is 10.6 Å². The molecule has 1 aromatic carbocycles. The van der Waals surface area contributed by atoms with Crippen molar-refractivity contribution in [1.82, 2.24) is 10.2 Å². The first-order valence-electron chi connectivity index (χ1n) is 9.12. The molecule has 0 bridgehead atoms. The SMILES string of the molecule is CC(C)NC(=O)N1CCC(Nc2ccccc2)[C@@]2(O)CCCC[C@H]12. The summed E-state index contributed by atoms with van der Waals surface area (Å²) in [5.74, 6) is 0. The van der Waals surface area contributed by atoms with Crippen LogP contribution in [0.2, 0.25) is 0 Å². The van der Waals surface area contributed by atoms with E-state index in [-0.39, 0.29) is 24.2 Å². The number of carbonyl (C=O) groups is 1. The monoisotopic (exact) mass is 331 g/mol. The molecule has 1 heterocycles. The zero-order valence-electron chi connectivity index (χ0n) is 14.7. The van der Waals surface area contributed by atoms with Crippen LogP contribution in [-0.2, 0) is 0 Å². The van der Waals surface area contributed by atoms with Crippen molar-refractivity contribution >= 4 is 11.7 Å². The molecule has 1 aromatic rings. The number of aliphatic hydroxyl groups is 1. The van der Waals surface area contributed by atoms with Crippen LogP contribution < -0.4 is 10.6 Å². The predicted octanol–water partition coefficient (Wildman–Crippen LogP) is 2.96. The smallest absolute Gasteiger partial charge is 0.317 e. The lowest BCUT2D eigenvalue weighted by Gasteiger charge is -2.53.